The van der Waals surface area contributed by atoms with Crippen LogP contribution in [0.2, 0.25) is 0 Å². The molecule has 0 spiro atoms. The number of nitrogens with zero attached hydrogens (tertiary/aromatic N) is 2. The molecule has 0 atom stereocenters. The Bertz CT molecular complexity index is 553. The first-order chi connectivity index (χ1) is 7.67. The second-order valence-corrected chi connectivity index (χ2v) is 5.73. The molecule has 0 N–H and O–H groups in total. The second-order valence-electron chi connectivity index (χ2n) is 3.27. The second kappa shape index (κ2) is 4.82. The maximum atomic E-state index is 11.5. The zero-order valence-corrected chi connectivity index (χ0v) is 14.7. The van der Waals surface area contributed by atoms with E-state index in [4.69, 9.17) is 4.74 Å². The summed E-state index contributed by atoms with van der Waals surface area (Å²) in [4.78, 5) is 11.5. The number of alkyl halides is 1. The summed E-state index contributed by atoms with van der Waals surface area (Å²) >= 11 is 3.92. The van der Waals surface area contributed by atoms with E-state index in [-0.39, 0.29) is 5.97 Å². The van der Waals surface area contributed by atoms with Crippen molar-refractivity contribution in [3.63, 3.8) is 0 Å². The molecular formula is C10H8BrN2O2Tl. The van der Waals surface area contributed by atoms with Gasteiger partial charge in [0.15, 0.2) is 0 Å². The van der Waals surface area contributed by atoms with Crippen molar-refractivity contribution in [1.29, 1.82) is 0 Å². The van der Waals surface area contributed by atoms with Crippen LogP contribution in [0.5, 0.6) is 0 Å². The van der Waals surface area contributed by atoms with Gasteiger partial charge in [0.2, 0.25) is 0 Å². The fourth-order valence-electron chi connectivity index (χ4n) is 1.52. The van der Waals surface area contributed by atoms with Crippen molar-refractivity contribution < 1.29 is 9.53 Å². The van der Waals surface area contributed by atoms with Crippen LogP contribution in [0.1, 0.15) is 16.1 Å². The van der Waals surface area contributed by atoms with Crippen molar-refractivity contribution in [2.24, 2.45) is 0 Å². The Morgan fingerprint density at radius 1 is 1.62 bits per heavy atom. The summed E-state index contributed by atoms with van der Waals surface area (Å²) in [6, 6.07) is 5.99. The number of methoxy groups -OCH3 is 1. The molecule has 1 aromatic carbocycles. The van der Waals surface area contributed by atoms with Crippen LogP contribution in [-0.4, -0.2) is 46.7 Å². The Labute approximate surface area is 117 Å². The van der Waals surface area contributed by atoms with Gasteiger partial charge in [-0.2, -0.15) is 0 Å². The van der Waals surface area contributed by atoms with E-state index in [9.17, 15) is 4.79 Å². The van der Waals surface area contributed by atoms with Gasteiger partial charge in [0.25, 0.3) is 0 Å². The van der Waals surface area contributed by atoms with E-state index >= 15 is 0 Å². The zero-order valence-electron chi connectivity index (χ0n) is 8.61. The van der Waals surface area contributed by atoms with Crippen molar-refractivity contribution >= 4 is 58.9 Å². The number of rotatable bonds is 2. The van der Waals surface area contributed by atoms with Crippen LogP contribution in [0.3, 0.4) is 0 Å². The number of aromatic nitrogens is 2. The summed E-state index contributed by atoms with van der Waals surface area (Å²) in [6.45, 7) is 0. The average molecular weight is 472 g/mol. The molecule has 0 aliphatic rings. The number of halogens is 1. The standard InChI is InChI=1S/C10H9BrN2O2.Tl/c1-15-10(14)9-7-4-6(5-11)2-3-8(7)12-13-9;/h2-4H,5H2,1H3,(H,12,13,14);/q;+1/p-1. The van der Waals surface area contributed by atoms with E-state index in [2.05, 4.69) is 21.0 Å². The van der Waals surface area contributed by atoms with Gasteiger partial charge in [-0.25, -0.2) is 0 Å². The molecule has 0 radical (unpaired) electrons. The van der Waals surface area contributed by atoms with E-state index < -0.39 is 0 Å². The Hall–Kier alpha value is -0.438. The van der Waals surface area contributed by atoms with Gasteiger partial charge in [0.05, 0.1) is 0 Å². The fourth-order valence-corrected chi connectivity index (χ4v) is 3.19. The van der Waals surface area contributed by atoms with Crippen LogP contribution in [0.4, 0.5) is 0 Å². The number of carbonyl (C=O) groups excluding carboxylic acids is 1. The Morgan fingerprint density at radius 3 is 3.00 bits per heavy atom. The molecular weight excluding hydrogens is 464 g/mol. The van der Waals surface area contributed by atoms with Crippen LogP contribution in [0.25, 0.3) is 10.9 Å². The van der Waals surface area contributed by atoms with Crippen LogP contribution >= 0.6 is 15.9 Å². The third-order valence-corrected chi connectivity index (χ3v) is 4.48. The SMILES string of the molecule is COC(=O)c1n[n]([Tl])c2ccc(CBr)cc12. The molecule has 2 aromatic rings. The Balaban J connectivity index is 2.70. The van der Waals surface area contributed by atoms with Gasteiger partial charge in [-0.3, -0.25) is 0 Å². The fraction of sp³-hybridized carbons (Fsp3) is 0.200. The number of esters is 1. The maximum absolute atomic E-state index is 11.5. The molecule has 0 aliphatic carbocycles. The van der Waals surface area contributed by atoms with Gasteiger partial charge < -0.3 is 0 Å². The zero-order chi connectivity index (χ0) is 11.7. The molecule has 0 aliphatic heterocycles. The number of benzene rings is 1. The molecule has 6 heteroatoms. The molecule has 0 amide bonds. The first kappa shape index (κ1) is 12.0. The van der Waals surface area contributed by atoms with Crippen molar-refractivity contribution in [3.05, 3.63) is 29.5 Å². The third-order valence-electron chi connectivity index (χ3n) is 2.30. The normalized spacial score (nSPS) is 10.6. The molecule has 1 aromatic heterocycles. The molecule has 0 saturated heterocycles. The van der Waals surface area contributed by atoms with E-state index in [0.29, 0.717) is 31.8 Å². The molecule has 0 fully saturated rings. The third kappa shape index (κ3) is 2.02. The Kier molecular flexibility index (Phi) is 3.63. The van der Waals surface area contributed by atoms with Gasteiger partial charge in [-0.15, -0.1) is 0 Å². The van der Waals surface area contributed by atoms with Crippen LogP contribution < -0.4 is 0 Å². The number of carbonyl (C=O) groups is 1. The molecule has 1 heterocycles. The molecule has 4 nitrogen and oxygen atoms in total. The van der Waals surface area contributed by atoms with E-state index in [1.165, 1.54) is 7.11 Å². The van der Waals surface area contributed by atoms with Gasteiger partial charge in [-0.05, 0) is 0 Å². The summed E-state index contributed by atoms with van der Waals surface area (Å²) in [6.07, 6.45) is 0. The van der Waals surface area contributed by atoms with Gasteiger partial charge in [0, 0.05) is 0 Å². The summed E-state index contributed by atoms with van der Waals surface area (Å²) in [5, 5.41) is 5.87. The predicted octanol–water partition coefficient (Wildman–Crippen LogP) is 1.65. The number of fused-ring (bicyclic) bond motifs is 1. The molecule has 16 heavy (non-hydrogen) atoms. The van der Waals surface area contributed by atoms with E-state index in [0.717, 1.165) is 21.8 Å². The monoisotopic (exact) mass is 472 g/mol. The van der Waals surface area contributed by atoms with Gasteiger partial charge in [0.1, 0.15) is 0 Å². The van der Waals surface area contributed by atoms with Crippen LogP contribution in [0.15, 0.2) is 18.2 Å². The first-order valence-corrected chi connectivity index (χ1v) is 7.71. The summed E-state index contributed by atoms with van der Waals surface area (Å²) in [5.41, 5.74) is 2.52. The summed E-state index contributed by atoms with van der Waals surface area (Å²) < 4.78 is 6.57. The minimum absolute atomic E-state index is 0.379. The van der Waals surface area contributed by atoms with Crippen molar-refractivity contribution in [2.75, 3.05) is 7.11 Å². The summed E-state index contributed by atoms with van der Waals surface area (Å²) in [7, 11) is 1.37. The van der Waals surface area contributed by atoms with Crippen molar-refractivity contribution in [3.8, 4) is 0 Å². The number of hydrogen-bond acceptors (Lipinski definition) is 3. The Morgan fingerprint density at radius 2 is 2.38 bits per heavy atom. The summed E-state index contributed by atoms with van der Waals surface area (Å²) in [5.74, 6) is -0.379. The number of ether oxygens (including phenoxy) is 1. The molecule has 0 bridgehead atoms. The van der Waals surface area contributed by atoms with Gasteiger partial charge >= 0.3 is 118 Å². The minimum atomic E-state index is -0.379. The van der Waals surface area contributed by atoms with Crippen molar-refractivity contribution in [1.82, 2.24) is 7.59 Å². The topological polar surface area (TPSA) is 44.1 Å². The predicted molar refractivity (Wildman–Crippen MR) is 64.9 cm³/mol. The van der Waals surface area contributed by atoms with Crippen molar-refractivity contribution in [2.45, 2.75) is 5.33 Å². The van der Waals surface area contributed by atoms with Crippen LogP contribution in [-0.2, 0) is 10.1 Å². The van der Waals surface area contributed by atoms with E-state index in [1.54, 1.807) is 0 Å². The molecule has 0 unspecified atom stereocenters. The van der Waals surface area contributed by atoms with Crippen LogP contribution in [0, 0.1) is 0 Å². The van der Waals surface area contributed by atoms with E-state index in [1.807, 2.05) is 20.7 Å². The first-order valence-electron chi connectivity index (χ1n) is 4.58. The van der Waals surface area contributed by atoms with Gasteiger partial charge in [-0.1, -0.05) is 0 Å². The molecule has 80 valence electrons. The molecule has 0 saturated carbocycles. The number of hydrogen-bond donors (Lipinski definition) is 0. The average Bonchev–Trinajstić information content (AvgIpc) is 2.65. The molecule has 2 rings (SSSR count). The quantitative estimate of drug-likeness (QED) is 0.380.